The fraction of sp³-hybridized carbons (Fsp3) is 0.467. The normalized spacial score (nSPS) is 21.0. The van der Waals surface area contributed by atoms with Crippen molar-refractivity contribution in [3.8, 4) is 17.6 Å². The number of nitriles is 1. The van der Waals surface area contributed by atoms with Gasteiger partial charge in [-0.1, -0.05) is 0 Å². The van der Waals surface area contributed by atoms with Gasteiger partial charge in [-0.3, -0.25) is 19.5 Å². The van der Waals surface area contributed by atoms with Crippen molar-refractivity contribution in [3.05, 3.63) is 77.1 Å². The van der Waals surface area contributed by atoms with Crippen LogP contribution in [0.3, 0.4) is 0 Å². The van der Waals surface area contributed by atoms with Gasteiger partial charge >= 0.3 is 6.03 Å². The Hall–Kier alpha value is -5.52. The Morgan fingerprint density at radius 1 is 1.12 bits per heavy atom. The zero-order valence-electron chi connectivity index (χ0n) is 35.9. The van der Waals surface area contributed by atoms with E-state index in [1.54, 1.807) is 53.5 Å². The summed E-state index contributed by atoms with van der Waals surface area (Å²) >= 11 is 1.16. The molecule has 2 saturated heterocycles. The van der Waals surface area contributed by atoms with E-state index in [4.69, 9.17) is 14.5 Å². The molecule has 2 aromatic heterocycles. The molecule has 15 nitrogen and oxygen atoms in total. The summed E-state index contributed by atoms with van der Waals surface area (Å²) in [6, 6.07) is 12.1. The molecule has 19 heteroatoms. The molecule has 1 spiro atoms. The number of likely N-dealkylation sites (N-methyl/N-ethyl adjacent to an activating group) is 1. The monoisotopic (exact) mass is 900 g/mol. The molecule has 2 aliphatic heterocycles. The number of aryl methyl sites for hydroxylation is 1. The molecular formula is C45H51F3N10O5S. The fourth-order valence-corrected chi connectivity index (χ4v) is 9.99. The van der Waals surface area contributed by atoms with E-state index < -0.39 is 23.8 Å². The SMILES string of the molecule is CNC(=O)N(CCC=O)c1nn(C)c2cc(C3CCC(N4CCC5(CC4)CC(c4cnc6ccc(Oc7c(F)ccc(NSN(C)CCO)c7C#N)cc6n4)CO5)C(F)C3)c(F)cc12. The first-order chi connectivity index (χ1) is 30.9. The van der Waals surface area contributed by atoms with E-state index in [9.17, 15) is 20.0 Å². The van der Waals surface area contributed by atoms with Crippen molar-refractivity contribution in [3.63, 3.8) is 0 Å². The summed E-state index contributed by atoms with van der Waals surface area (Å²) in [5.74, 6) is -1.19. The molecule has 4 unspecified atom stereocenters. The molecule has 2 amide bonds. The van der Waals surface area contributed by atoms with Crippen molar-refractivity contribution >= 4 is 57.9 Å². The van der Waals surface area contributed by atoms with Gasteiger partial charge in [-0.05, 0) is 93.5 Å². The Balaban J connectivity index is 0.890. The number of carbonyl (C=O) groups is 2. The number of urea groups is 1. The zero-order valence-corrected chi connectivity index (χ0v) is 36.7. The quantitative estimate of drug-likeness (QED) is 0.0761. The van der Waals surface area contributed by atoms with E-state index in [1.807, 2.05) is 6.07 Å². The van der Waals surface area contributed by atoms with Crippen molar-refractivity contribution < 1.29 is 37.3 Å². The van der Waals surface area contributed by atoms with Crippen molar-refractivity contribution in [1.82, 2.24) is 34.3 Å². The molecule has 64 heavy (non-hydrogen) atoms. The number of amides is 2. The molecule has 3 N–H and O–H groups in total. The second-order valence-electron chi connectivity index (χ2n) is 16.8. The molecule has 338 valence electrons. The van der Waals surface area contributed by atoms with Crippen LogP contribution in [0.15, 0.2) is 48.7 Å². The number of piperidine rings is 1. The number of halogens is 3. The Bertz CT molecular complexity index is 2570. The van der Waals surface area contributed by atoms with E-state index in [0.29, 0.717) is 78.6 Å². The summed E-state index contributed by atoms with van der Waals surface area (Å²) in [6.07, 6.45) is 5.02. The van der Waals surface area contributed by atoms with Gasteiger partial charge in [0, 0.05) is 88.4 Å². The van der Waals surface area contributed by atoms with Crippen LogP contribution in [0.4, 0.5) is 29.5 Å². The number of aldehydes is 1. The van der Waals surface area contributed by atoms with Gasteiger partial charge in [-0.2, -0.15) is 10.4 Å². The summed E-state index contributed by atoms with van der Waals surface area (Å²) in [7, 11) is 4.96. The number of nitrogens with one attached hydrogen (secondary N) is 2. The lowest BCUT2D eigenvalue weighted by Gasteiger charge is -2.45. The van der Waals surface area contributed by atoms with Gasteiger partial charge in [0.2, 0.25) is 0 Å². The lowest BCUT2D eigenvalue weighted by molar-refractivity contribution is -0.107. The van der Waals surface area contributed by atoms with Gasteiger partial charge in [-0.15, -0.1) is 0 Å². The topological polar surface area (TPSA) is 174 Å². The van der Waals surface area contributed by atoms with E-state index >= 15 is 13.2 Å². The number of ether oxygens (including phenoxy) is 2. The first-order valence-corrected chi connectivity index (χ1v) is 22.2. The minimum absolute atomic E-state index is 0.00859. The Morgan fingerprint density at radius 3 is 2.67 bits per heavy atom. The number of alkyl halides is 1. The lowest BCUT2D eigenvalue weighted by atomic mass is 9.78. The van der Waals surface area contributed by atoms with Crippen LogP contribution in [0, 0.1) is 23.0 Å². The number of nitrogens with zero attached hydrogens (tertiary/aromatic N) is 8. The summed E-state index contributed by atoms with van der Waals surface area (Å²) in [5, 5.41) is 26.6. The highest BCUT2D eigenvalue weighted by molar-refractivity contribution is 7.98. The molecule has 8 rings (SSSR count). The van der Waals surface area contributed by atoms with E-state index in [-0.39, 0.29) is 72.4 Å². The van der Waals surface area contributed by atoms with Gasteiger partial charge < -0.3 is 29.4 Å². The molecule has 0 bridgehead atoms. The maximum atomic E-state index is 16.2. The number of aliphatic hydroxyl groups is 1. The number of aliphatic hydroxyl groups excluding tert-OH is 1. The third-order valence-electron chi connectivity index (χ3n) is 12.8. The number of aromatic nitrogens is 4. The van der Waals surface area contributed by atoms with Crippen molar-refractivity contribution in [2.45, 2.75) is 74.6 Å². The number of fused-ring (bicyclic) bond motifs is 2. The summed E-state index contributed by atoms with van der Waals surface area (Å²) < 4.78 is 66.0. The maximum Gasteiger partial charge on any atom is 0.322 e. The minimum atomic E-state index is -1.15. The number of hydrogen-bond acceptors (Lipinski definition) is 13. The van der Waals surface area contributed by atoms with Crippen LogP contribution in [-0.4, -0.2) is 118 Å². The number of hydrogen-bond donors (Lipinski definition) is 3. The first-order valence-electron chi connectivity index (χ1n) is 21.5. The number of carbonyl (C=O) groups excluding carboxylic acids is 2. The highest BCUT2D eigenvalue weighted by Crippen LogP contribution is 2.45. The third kappa shape index (κ3) is 9.20. The van der Waals surface area contributed by atoms with Crippen molar-refractivity contribution in [1.29, 1.82) is 5.26 Å². The molecule has 4 heterocycles. The molecule has 1 aliphatic carbocycles. The maximum absolute atomic E-state index is 16.2. The average Bonchev–Trinajstić information content (AvgIpc) is 3.85. The van der Waals surface area contributed by atoms with Gasteiger partial charge in [0.25, 0.3) is 0 Å². The predicted octanol–water partition coefficient (Wildman–Crippen LogP) is 7.11. The Labute approximate surface area is 373 Å². The Kier molecular flexibility index (Phi) is 13.6. The number of benzene rings is 3. The van der Waals surface area contributed by atoms with Gasteiger partial charge in [-0.25, -0.2) is 27.3 Å². The smallest absolute Gasteiger partial charge is 0.322 e. The van der Waals surface area contributed by atoms with Crippen molar-refractivity contribution in [2.75, 3.05) is 63.1 Å². The van der Waals surface area contributed by atoms with E-state index in [0.717, 1.165) is 37.1 Å². The molecule has 3 fully saturated rings. The number of anilines is 2. The molecule has 4 atom stereocenters. The van der Waals surface area contributed by atoms with Crippen LogP contribution in [0.5, 0.6) is 11.5 Å². The Morgan fingerprint density at radius 2 is 1.94 bits per heavy atom. The van der Waals surface area contributed by atoms with E-state index in [2.05, 4.69) is 25.0 Å². The summed E-state index contributed by atoms with van der Waals surface area (Å²) in [6.45, 7) is 2.24. The van der Waals surface area contributed by atoms with Gasteiger partial charge in [0.1, 0.15) is 35.7 Å². The molecule has 1 saturated carbocycles. The van der Waals surface area contributed by atoms with Crippen LogP contribution in [0.2, 0.25) is 0 Å². The van der Waals surface area contributed by atoms with Crippen LogP contribution in [0.25, 0.3) is 21.9 Å². The third-order valence-corrected chi connectivity index (χ3v) is 13.6. The van der Waals surface area contributed by atoms with Crippen LogP contribution < -0.4 is 19.7 Å². The minimum Gasteiger partial charge on any atom is -0.453 e. The zero-order chi connectivity index (χ0) is 45.1. The highest BCUT2D eigenvalue weighted by atomic mass is 32.2. The second-order valence-corrected chi connectivity index (χ2v) is 17.8. The fourth-order valence-electron chi connectivity index (χ4n) is 9.40. The van der Waals surface area contributed by atoms with Crippen LogP contribution in [-0.2, 0) is 16.6 Å². The molecular weight excluding hydrogens is 850 g/mol. The molecule has 5 aromatic rings. The first kappa shape index (κ1) is 45.1. The largest absolute Gasteiger partial charge is 0.453 e. The standard InChI is InChI=1S/C45H51F3N10O5S/c1-50-44(61)58(13-4-17-59)43-31-21-34(47)30(22-41(31)56(3)53-43)27-5-10-40(35(48)19-27)57-14-11-45(12-15-57)23-28(26-62-45)39-25-51-37-8-6-29(20-38(37)52-39)63-42-32(24-49)36(9-7-33(42)46)54-64-55(2)16-18-60/h6-9,17,20-22,25,27-28,35,40,54,60H,4-5,10-16,18-19,23,26H2,1-3H3,(H,50,61). The number of likely N-dealkylation sites (tertiary alicyclic amines) is 1. The summed E-state index contributed by atoms with van der Waals surface area (Å²) in [5.41, 5.74) is 2.97. The molecule has 3 aliphatic rings. The highest BCUT2D eigenvalue weighted by Gasteiger charge is 2.46. The second kappa shape index (κ2) is 19.3. The predicted molar refractivity (Wildman–Crippen MR) is 237 cm³/mol. The van der Waals surface area contributed by atoms with E-state index in [1.165, 1.54) is 30.1 Å². The molecule has 3 aromatic carbocycles. The molecule has 0 radical (unpaired) electrons. The average molecular weight is 901 g/mol. The van der Waals surface area contributed by atoms with Gasteiger partial charge in [0.15, 0.2) is 17.4 Å². The van der Waals surface area contributed by atoms with Crippen LogP contribution in [0.1, 0.15) is 73.6 Å². The van der Waals surface area contributed by atoms with Crippen LogP contribution >= 0.6 is 12.1 Å². The number of rotatable bonds is 14. The summed E-state index contributed by atoms with van der Waals surface area (Å²) in [4.78, 5) is 36.9. The lowest BCUT2D eigenvalue weighted by Crippen LogP contribution is -2.52. The van der Waals surface area contributed by atoms with Gasteiger partial charge in [0.05, 0.1) is 46.7 Å². The van der Waals surface area contributed by atoms with Crippen molar-refractivity contribution in [2.24, 2.45) is 7.05 Å².